The van der Waals surface area contributed by atoms with Crippen LogP contribution in [0.3, 0.4) is 0 Å². The molecule has 12 heteroatoms. The molecule has 0 radical (unpaired) electrons. The van der Waals surface area contributed by atoms with Gasteiger partial charge in [-0.05, 0) is 54.3 Å². The Bertz CT molecular complexity index is 2030. The van der Waals surface area contributed by atoms with Gasteiger partial charge in [-0.1, -0.05) is 36.4 Å². The lowest BCUT2D eigenvalue weighted by Crippen LogP contribution is -2.34. The molecule has 50 heavy (non-hydrogen) atoms. The van der Waals surface area contributed by atoms with Crippen molar-refractivity contribution in [3.8, 4) is 22.8 Å². The van der Waals surface area contributed by atoms with Gasteiger partial charge in [0.25, 0.3) is 11.8 Å². The van der Waals surface area contributed by atoms with Crippen LogP contribution < -0.4 is 20.5 Å². The summed E-state index contributed by atoms with van der Waals surface area (Å²) in [6, 6.07) is 18.9. The third-order valence-electron chi connectivity index (χ3n) is 9.53. The number of nitrogens with two attached hydrogens (primary N) is 1. The summed E-state index contributed by atoms with van der Waals surface area (Å²) in [5.74, 6) is -1.04. The van der Waals surface area contributed by atoms with Crippen molar-refractivity contribution in [2.75, 3.05) is 27.4 Å². The van der Waals surface area contributed by atoms with Crippen LogP contribution >= 0.6 is 0 Å². The molecule has 2 aromatic heterocycles. The lowest BCUT2D eigenvalue weighted by molar-refractivity contribution is -0.178. The number of hydrogen-bond acceptors (Lipinski definition) is 8. The van der Waals surface area contributed by atoms with E-state index in [0.717, 1.165) is 59.7 Å². The van der Waals surface area contributed by atoms with E-state index in [1.807, 2.05) is 59.4 Å². The van der Waals surface area contributed by atoms with Crippen LogP contribution in [0.5, 0.6) is 11.5 Å². The maximum Gasteiger partial charge on any atom is 0.255 e. The molecule has 1 spiro atoms. The second-order valence-corrected chi connectivity index (χ2v) is 12.6. The molecule has 1 aliphatic heterocycles. The van der Waals surface area contributed by atoms with Crippen LogP contribution in [-0.4, -0.2) is 59.8 Å². The molecule has 1 aliphatic carbocycles. The molecule has 0 bridgehead atoms. The average molecular weight is 680 g/mol. The number of hydrogen-bond donors (Lipinski definition) is 2. The van der Waals surface area contributed by atoms with Gasteiger partial charge in [0.05, 0.1) is 56.5 Å². The highest BCUT2D eigenvalue weighted by atomic mass is 19.1. The van der Waals surface area contributed by atoms with E-state index in [1.165, 1.54) is 19.2 Å². The molecule has 1 saturated heterocycles. The van der Waals surface area contributed by atoms with E-state index in [9.17, 15) is 14.0 Å². The largest absolute Gasteiger partial charge is 0.497 e. The van der Waals surface area contributed by atoms with Gasteiger partial charge in [-0.2, -0.15) is 5.10 Å². The molecular weight excluding hydrogens is 641 g/mol. The fourth-order valence-corrected chi connectivity index (χ4v) is 6.93. The van der Waals surface area contributed by atoms with Gasteiger partial charge >= 0.3 is 0 Å². The van der Waals surface area contributed by atoms with E-state index in [2.05, 4.69) is 5.32 Å². The average Bonchev–Trinajstić information content (AvgIpc) is 3.77. The fourth-order valence-electron chi connectivity index (χ4n) is 6.93. The smallest absolute Gasteiger partial charge is 0.255 e. The Morgan fingerprint density at radius 1 is 0.980 bits per heavy atom. The van der Waals surface area contributed by atoms with Crippen LogP contribution in [0.25, 0.3) is 22.2 Å². The Balaban J connectivity index is 1.22. The summed E-state index contributed by atoms with van der Waals surface area (Å²) >= 11 is 0. The second kappa shape index (κ2) is 13.9. The van der Waals surface area contributed by atoms with Crippen molar-refractivity contribution in [3.05, 3.63) is 107 Å². The molecule has 2 amide bonds. The van der Waals surface area contributed by atoms with E-state index >= 15 is 0 Å². The van der Waals surface area contributed by atoms with Gasteiger partial charge in [0.2, 0.25) is 0 Å². The topological polar surface area (TPSA) is 140 Å². The maximum atomic E-state index is 13.8. The fraction of sp³-hybridized carbons (Fsp3) is 0.316. The quantitative estimate of drug-likeness (QED) is 0.191. The van der Waals surface area contributed by atoms with Crippen molar-refractivity contribution in [2.24, 2.45) is 5.73 Å². The van der Waals surface area contributed by atoms with Crippen LogP contribution in [-0.2, 0) is 22.6 Å². The minimum atomic E-state index is -0.630. The molecule has 7 rings (SSSR count). The molecule has 2 fully saturated rings. The number of pyridine rings is 1. The summed E-state index contributed by atoms with van der Waals surface area (Å²) in [6.07, 6.45) is 5.04. The molecule has 3 aromatic carbocycles. The van der Waals surface area contributed by atoms with Crippen LogP contribution in [0, 0.1) is 5.82 Å². The van der Waals surface area contributed by atoms with Crippen LogP contribution in [0.15, 0.2) is 72.9 Å². The first-order valence-corrected chi connectivity index (χ1v) is 16.6. The minimum absolute atomic E-state index is 0.0875. The van der Waals surface area contributed by atoms with Crippen molar-refractivity contribution < 1.29 is 32.9 Å². The molecule has 2 aliphatic rings. The maximum absolute atomic E-state index is 13.8. The van der Waals surface area contributed by atoms with Gasteiger partial charge in [0, 0.05) is 42.5 Å². The lowest BCUT2D eigenvalue weighted by Gasteiger charge is -2.35. The monoisotopic (exact) mass is 679 g/mol. The second-order valence-electron chi connectivity index (χ2n) is 12.6. The number of rotatable bonds is 10. The van der Waals surface area contributed by atoms with Crippen LogP contribution in [0.4, 0.5) is 4.39 Å². The number of ether oxygens (including phenoxy) is 4. The van der Waals surface area contributed by atoms with E-state index in [0.29, 0.717) is 36.5 Å². The molecule has 1 saturated carbocycles. The van der Waals surface area contributed by atoms with Crippen LogP contribution in [0.2, 0.25) is 0 Å². The van der Waals surface area contributed by atoms with Gasteiger partial charge < -0.3 is 30.0 Å². The summed E-state index contributed by atoms with van der Waals surface area (Å²) in [6.45, 7) is 1.86. The van der Waals surface area contributed by atoms with E-state index < -0.39 is 23.4 Å². The van der Waals surface area contributed by atoms with Gasteiger partial charge in [0.1, 0.15) is 22.8 Å². The predicted octanol–water partition coefficient (Wildman–Crippen LogP) is 5.73. The molecule has 0 atom stereocenters. The standard InChI is InChI=1S/C38H38FN5O6/c1-47-28-10-5-24(6-11-28)21-44-22-30-33(26-13-15-38(16-14-26)49-17-18-50-38)42-34(32(36(40)45)35(30)43-44)25-7-3-23(4-8-25)20-41-37(46)29-19-27(39)9-12-31(29)48-2/h3-12,19,22,26H,13-18,20-21H2,1-2H3,(H2,40,45)(H,41,46). The van der Waals surface area contributed by atoms with Crippen molar-refractivity contribution in [2.45, 2.75) is 50.5 Å². The molecule has 258 valence electrons. The number of nitrogens with one attached hydrogen (secondary N) is 1. The number of nitrogens with zero attached hydrogens (tertiary/aromatic N) is 3. The number of benzene rings is 3. The third kappa shape index (κ3) is 6.64. The number of carbonyl (C=O) groups excluding carboxylic acids is 2. The number of halogens is 1. The Hall–Kier alpha value is -5.33. The van der Waals surface area contributed by atoms with Gasteiger partial charge in [0.15, 0.2) is 5.79 Å². The van der Waals surface area contributed by atoms with Crippen LogP contribution in [0.1, 0.15) is 69.1 Å². The van der Waals surface area contributed by atoms with Crippen molar-refractivity contribution in [3.63, 3.8) is 0 Å². The van der Waals surface area contributed by atoms with Gasteiger partial charge in [-0.3, -0.25) is 19.3 Å². The Morgan fingerprint density at radius 2 is 1.68 bits per heavy atom. The zero-order chi connectivity index (χ0) is 34.8. The van der Waals surface area contributed by atoms with E-state index in [-0.39, 0.29) is 29.3 Å². The number of methoxy groups -OCH3 is 2. The van der Waals surface area contributed by atoms with E-state index in [4.69, 9.17) is 34.8 Å². The molecule has 3 heterocycles. The third-order valence-corrected chi connectivity index (χ3v) is 9.53. The highest BCUT2D eigenvalue weighted by Gasteiger charge is 2.41. The first-order valence-electron chi connectivity index (χ1n) is 16.6. The first-order chi connectivity index (χ1) is 24.3. The molecule has 3 N–H and O–H groups in total. The lowest BCUT2D eigenvalue weighted by atomic mass is 9.81. The highest BCUT2D eigenvalue weighted by Crippen LogP contribution is 2.44. The molecule has 5 aromatic rings. The number of aromatic nitrogens is 3. The van der Waals surface area contributed by atoms with E-state index in [1.54, 1.807) is 7.11 Å². The normalized spacial score (nSPS) is 15.7. The zero-order valence-corrected chi connectivity index (χ0v) is 27.9. The summed E-state index contributed by atoms with van der Waals surface area (Å²) in [5.41, 5.74) is 10.7. The summed E-state index contributed by atoms with van der Waals surface area (Å²) < 4.78 is 38.2. The summed E-state index contributed by atoms with van der Waals surface area (Å²) in [7, 11) is 3.05. The summed E-state index contributed by atoms with van der Waals surface area (Å²) in [5, 5.41) is 8.52. The van der Waals surface area contributed by atoms with Gasteiger partial charge in [-0.15, -0.1) is 0 Å². The number of fused-ring (bicyclic) bond motifs is 1. The Labute approximate surface area is 288 Å². The predicted molar refractivity (Wildman–Crippen MR) is 184 cm³/mol. The first kappa shape index (κ1) is 33.2. The highest BCUT2D eigenvalue weighted by molar-refractivity contribution is 6.10. The molecule has 0 unspecified atom stereocenters. The number of carbonyl (C=O) groups is 2. The SMILES string of the molecule is COc1ccc(Cn2cc3c(C4CCC5(CC4)OCCO5)nc(-c4ccc(CNC(=O)c5cc(F)ccc5OC)cc4)c(C(N)=O)c3n2)cc1. The number of amides is 2. The number of primary amides is 1. The van der Waals surface area contributed by atoms with Crippen molar-refractivity contribution >= 4 is 22.7 Å². The molecular formula is C38H38FN5O6. The van der Waals surface area contributed by atoms with Crippen molar-refractivity contribution in [1.82, 2.24) is 20.1 Å². The Morgan fingerprint density at radius 3 is 2.34 bits per heavy atom. The minimum Gasteiger partial charge on any atom is -0.497 e. The zero-order valence-electron chi connectivity index (χ0n) is 27.9. The summed E-state index contributed by atoms with van der Waals surface area (Å²) in [4.78, 5) is 31.2. The molecule has 11 nitrogen and oxygen atoms in total. The van der Waals surface area contributed by atoms with Gasteiger partial charge in [-0.25, -0.2) is 4.39 Å². The van der Waals surface area contributed by atoms with Crippen molar-refractivity contribution in [1.29, 1.82) is 0 Å². The Kier molecular flexibility index (Phi) is 9.21.